The van der Waals surface area contributed by atoms with Gasteiger partial charge < -0.3 is 9.64 Å². The molecule has 0 aromatic carbocycles. The van der Waals surface area contributed by atoms with E-state index in [9.17, 15) is 0 Å². The fourth-order valence-corrected chi connectivity index (χ4v) is 3.04. The Labute approximate surface area is 131 Å². The molecule has 0 saturated carbocycles. The van der Waals surface area contributed by atoms with Gasteiger partial charge in [0, 0.05) is 18.5 Å². The van der Waals surface area contributed by atoms with Crippen LogP contribution in [0.25, 0.3) is 5.65 Å². The zero-order valence-electron chi connectivity index (χ0n) is 14.3. The van der Waals surface area contributed by atoms with Crippen LogP contribution in [-0.2, 0) is 10.2 Å². The zero-order valence-corrected chi connectivity index (χ0v) is 14.3. The molecule has 22 heavy (non-hydrogen) atoms. The Morgan fingerprint density at radius 3 is 2.59 bits per heavy atom. The lowest BCUT2D eigenvalue weighted by atomic mass is 9.96. The van der Waals surface area contributed by atoms with Gasteiger partial charge in [-0.1, -0.05) is 20.8 Å². The molecule has 1 atom stereocenters. The number of nitrogens with zero attached hydrogens (tertiary/aromatic N) is 5. The molecular formula is C16H25N5O. The van der Waals surface area contributed by atoms with Gasteiger partial charge in [0.15, 0.2) is 11.5 Å². The van der Waals surface area contributed by atoms with E-state index in [1.807, 2.05) is 16.6 Å². The maximum absolute atomic E-state index is 5.97. The van der Waals surface area contributed by atoms with Gasteiger partial charge in [-0.15, -0.1) is 15.3 Å². The Balaban J connectivity index is 2.01. The summed E-state index contributed by atoms with van der Waals surface area (Å²) in [7, 11) is 0. The van der Waals surface area contributed by atoms with E-state index in [1.165, 1.54) is 0 Å². The van der Waals surface area contributed by atoms with Crippen LogP contribution in [-0.4, -0.2) is 44.6 Å². The molecule has 1 unspecified atom stereocenters. The number of rotatable bonds is 1. The maximum atomic E-state index is 5.97. The molecule has 1 aliphatic rings. The fourth-order valence-electron chi connectivity index (χ4n) is 3.04. The molecule has 1 aliphatic heterocycles. The molecular weight excluding hydrogens is 278 g/mol. The van der Waals surface area contributed by atoms with Crippen LogP contribution in [0, 0.1) is 0 Å². The van der Waals surface area contributed by atoms with E-state index in [4.69, 9.17) is 9.84 Å². The molecule has 0 N–H and O–H groups in total. The zero-order chi connectivity index (χ0) is 16.1. The lowest BCUT2D eigenvalue weighted by molar-refractivity contribution is -0.0752. The van der Waals surface area contributed by atoms with Crippen molar-refractivity contribution < 1.29 is 4.74 Å². The number of ether oxygens (including phenoxy) is 1. The third-order valence-electron chi connectivity index (χ3n) is 3.81. The molecule has 0 amide bonds. The normalized spacial score (nSPS) is 22.3. The fraction of sp³-hybridized carbons (Fsp3) is 0.688. The van der Waals surface area contributed by atoms with Crippen molar-refractivity contribution in [1.29, 1.82) is 0 Å². The first kappa shape index (κ1) is 15.2. The van der Waals surface area contributed by atoms with Crippen LogP contribution >= 0.6 is 0 Å². The van der Waals surface area contributed by atoms with E-state index in [2.05, 4.69) is 56.6 Å². The minimum absolute atomic E-state index is 0.0946. The number of hydrogen-bond acceptors (Lipinski definition) is 5. The predicted molar refractivity (Wildman–Crippen MR) is 86.3 cm³/mol. The molecule has 6 nitrogen and oxygen atoms in total. The van der Waals surface area contributed by atoms with Crippen molar-refractivity contribution in [3.63, 3.8) is 0 Å². The molecule has 3 heterocycles. The number of morpholine rings is 1. The third-order valence-corrected chi connectivity index (χ3v) is 3.81. The van der Waals surface area contributed by atoms with Gasteiger partial charge in [0.1, 0.15) is 5.82 Å². The van der Waals surface area contributed by atoms with Crippen LogP contribution in [0.3, 0.4) is 0 Å². The van der Waals surface area contributed by atoms with Crippen LogP contribution in [0.1, 0.15) is 47.4 Å². The van der Waals surface area contributed by atoms with Crippen LogP contribution in [0.5, 0.6) is 0 Å². The van der Waals surface area contributed by atoms with E-state index < -0.39 is 0 Å². The summed E-state index contributed by atoms with van der Waals surface area (Å²) >= 11 is 0. The number of aromatic nitrogens is 4. The van der Waals surface area contributed by atoms with E-state index in [0.29, 0.717) is 0 Å². The monoisotopic (exact) mass is 303 g/mol. The molecule has 0 radical (unpaired) electrons. The molecule has 2 aromatic rings. The van der Waals surface area contributed by atoms with Gasteiger partial charge in [0.05, 0.1) is 11.7 Å². The van der Waals surface area contributed by atoms with Gasteiger partial charge in [0.25, 0.3) is 0 Å². The second-order valence-corrected chi connectivity index (χ2v) is 7.80. The van der Waals surface area contributed by atoms with Gasteiger partial charge in [-0.2, -0.15) is 4.52 Å². The Morgan fingerprint density at radius 2 is 1.95 bits per heavy atom. The van der Waals surface area contributed by atoms with E-state index in [0.717, 1.165) is 30.4 Å². The van der Waals surface area contributed by atoms with Crippen molar-refractivity contribution in [3.05, 3.63) is 18.0 Å². The molecule has 0 aliphatic carbocycles. The highest BCUT2D eigenvalue weighted by Crippen LogP contribution is 2.26. The van der Waals surface area contributed by atoms with E-state index >= 15 is 0 Å². The third kappa shape index (κ3) is 2.79. The van der Waals surface area contributed by atoms with Crippen molar-refractivity contribution in [2.24, 2.45) is 0 Å². The van der Waals surface area contributed by atoms with Crippen molar-refractivity contribution in [3.8, 4) is 0 Å². The first-order chi connectivity index (χ1) is 10.2. The summed E-state index contributed by atoms with van der Waals surface area (Å²) in [6.07, 6.45) is 0.184. The first-order valence-electron chi connectivity index (χ1n) is 7.81. The van der Waals surface area contributed by atoms with Gasteiger partial charge in [-0.25, -0.2) is 0 Å². The summed E-state index contributed by atoms with van der Waals surface area (Å²) in [5, 5.41) is 13.3. The minimum Gasteiger partial charge on any atom is -0.369 e. The highest BCUT2D eigenvalue weighted by Gasteiger charge is 2.32. The topological polar surface area (TPSA) is 55.6 Å². The molecule has 1 fully saturated rings. The average Bonchev–Trinajstić information content (AvgIpc) is 2.78. The molecule has 6 heteroatoms. The summed E-state index contributed by atoms with van der Waals surface area (Å²) in [4.78, 5) is 2.28. The van der Waals surface area contributed by atoms with E-state index in [1.54, 1.807) is 0 Å². The number of fused-ring (bicyclic) bond motifs is 1. The molecule has 0 spiro atoms. The van der Waals surface area contributed by atoms with Gasteiger partial charge in [-0.05, 0) is 32.9 Å². The van der Waals surface area contributed by atoms with Gasteiger partial charge in [0.2, 0.25) is 0 Å². The molecule has 120 valence electrons. The molecule has 2 aromatic heterocycles. The SMILES string of the molecule is CC1CN(c2ccc3nnc(C(C)(C)C)n3n2)CC(C)(C)O1. The predicted octanol–water partition coefficient (Wildman–Crippen LogP) is 2.43. The summed E-state index contributed by atoms with van der Waals surface area (Å²) in [6, 6.07) is 4.00. The average molecular weight is 303 g/mol. The van der Waals surface area contributed by atoms with Crippen molar-refractivity contribution in [2.75, 3.05) is 18.0 Å². The standard InChI is InChI=1S/C16H25N5O/c1-11-9-20(10-16(5,6)22-11)13-8-7-12-17-18-14(15(2,3)4)21(12)19-13/h7-8,11H,9-10H2,1-6H3. The lowest BCUT2D eigenvalue weighted by Gasteiger charge is -2.42. The minimum atomic E-state index is -0.172. The Kier molecular flexibility index (Phi) is 3.40. The lowest BCUT2D eigenvalue weighted by Crippen LogP contribution is -2.52. The number of anilines is 1. The molecule has 0 bridgehead atoms. The van der Waals surface area contributed by atoms with Crippen molar-refractivity contribution >= 4 is 11.5 Å². The van der Waals surface area contributed by atoms with Crippen LogP contribution < -0.4 is 4.90 Å². The molecule has 1 saturated heterocycles. The van der Waals surface area contributed by atoms with Crippen LogP contribution in [0.2, 0.25) is 0 Å². The van der Waals surface area contributed by atoms with Gasteiger partial charge in [-0.3, -0.25) is 0 Å². The summed E-state index contributed by atoms with van der Waals surface area (Å²) in [5.74, 6) is 1.82. The van der Waals surface area contributed by atoms with Gasteiger partial charge >= 0.3 is 0 Å². The summed E-state index contributed by atoms with van der Waals surface area (Å²) < 4.78 is 7.84. The second-order valence-electron chi connectivity index (χ2n) is 7.80. The number of hydrogen-bond donors (Lipinski definition) is 0. The smallest absolute Gasteiger partial charge is 0.178 e. The van der Waals surface area contributed by atoms with Crippen molar-refractivity contribution in [2.45, 2.75) is 58.7 Å². The summed E-state index contributed by atoms with van der Waals surface area (Å²) in [5.41, 5.74) is 0.519. The highest BCUT2D eigenvalue weighted by molar-refractivity contribution is 5.47. The summed E-state index contributed by atoms with van der Waals surface area (Å²) in [6.45, 7) is 14.4. The second kappa shape index (κ2) is 4.91. The Hall–Kier alpha value is -1.69. The van der Waals surface area contributed by atoms with Crippen LogP contribution in [0.15, 0.2) is 12.1 Å². The highest BCUT2D eigenvalue weighted by atomic mass is 16.5. The van der Waals surface area contributed by atoms with E-state index in [-0.39, 0.29) is 17.1 Å². The first-order valence-corrected chi connectivity index (χ1v) is 7.81. The Bertz CT molecular complexity index is 685. The van der Waals surface area contributed by atoms with Crippen LogP contribution in [0.4, 0.5) is 5.82 Å². The largest absolute Gasteiger partial charge is 0.369 e. The van der Waals surface area contributed by atoms with Crippen molar-refractivity contribution in [1.82, 2.24) is 19.8 Å². The quantitative estimate of drug-likeness (QED) is 0.810. The maximum Gasteiger partial charge on any atom is 0.178 e. The molecule has 3 rings (SSSR count). The Morgan fingerprint density at radius 1 is 1.23 bits per heavy atom.